The molecule has 0 aliphatic carbocycles. The molecule has 1 saturated heterocycles. The van der Waals surface area contributed by atoms with Crippen LogP contribution < -0.4 is 4.90 Å². The summed E-state index contributed by atoms with van der Waals surface area (Å²) in [5.74, 6) is 0. The van der Waals surface area contributed by atoms with Crippen LogP contribution >= 0.6 is 0 Å². The molecule has 2 heteroatoms. The Morgan fingerprint density at radius 3 is 2.43 bits per heavy atom. The second kappa shape index (κ2) is 5.90. The van der Waals surface area contributed by atoms with E-state index < -0.39 is 0 Å². The molecule has 0 bridgehead atoms. The molecule has 1 aliphatic heterocycles. The summed E-state index contributed by atoms with van der Waals surface area (Å²) in [5.41, 5.74) is 5.49. The first kappa shape index (κ1) is 14.2. The van der Waals surface area contributed by atoms with Crippen LogP contribution in [0.15, 0.2) is 48.5 Å². The molecule has 1 atom stereocenters. The maximum absolute atomic E-state index is 2.57. The third-order valence-electron chi connectivity index (χ3n) is 4.43. The Hall–Kier alpha value is -1.80. The first-order valence-electron chi connectivity index (χ1n) is 7.72. The van der Waals surface area contributed by atoms with Crippen LogP contribution in [0.1, 0.15) is 22.7 Å². The number of nitrogens with zero attached hydrogens (tertiary/aromatic N) is 2. The first-order chi connectivity index (χ1) is 10.1. The molecule has 1 aliphatic rings. The molecule has 0 aromatic heterocycles. The van der Waals surface area contributed by atoms with E-state index in [0.717, 1.165) is 19.6 Å². The molecule has 2 aromatic rings. The number of hydrogen-bond donors (Lipinski definition) is 0. The minimum absolute atomic E-state index is 0.436. The van der Waals surface area contributed by atoms with Gasteiger partial charge in [0.2, 0.25) is 0 Å². The molecule has 0 N–H and O–H groups in total. The smallest absolute Gasteiger partial charge is 0.0670 e. The van der Waals surface area contributed by atoms with Crippen LogP contribution in [0.25, 0.3) is 0 Å². The Bertz CT molecular complexity index is 606. The Kier molecular flexibility index (Phi) is 3.98. The van der Waals surface area contributed by atoms with Crippen LogP contribution in [-0.2, 0) is 0 Å². The average Bonchev–Trinajstić information content (AvgIpc) is 2.49. The molecule has 2 aromatic carbocycles. The highest BCUT2D eigenvalue weighted by Crippen LogP contribution is 2.32. The van der Waals surface area contributed by atoms with Crippen molar-refractivity contribution in [2.24, 2.45) is 0 Å². The van der Waals surface area contributed by atoms with Gasteiger partial charge in [0.15, 0.2) is 0 Å². The third-order valence-corrected chi connectivity index (χ3v) is 4.43. The number of benzene rings is 2. The summed E-state index contributed by atoms with van der Waals surface area (Å²) < 4.78 is 0. The second-order valence-electron chi connectivity index (χ2n) is 6.17. The highest BCUT2D eigenvalue weighted by atomic mass is 15.3. The fourth-order valence-electron chi connectivity index (χ4n) is 3.30. The van der Waals surface area contributed by atoms with Crippen molar-refractivity contribution in [3.05, 3.63) is 65.2 Å². The molecule has 0 radical (unpaired) electrons. The summed E-state index contributed by atoms with van der Waals surface area (Å²) in [6, 6.07) is 18.1. The van der Waals surface area contributed by atoms with Gasteiger partial charge in [-0.25, -0.2) is 0 Å². The van der Waals surface area contributed by atoms with Crippen molar-refractivity contribution in [3.8, 4) is 0 Å². The topological polar surface area (TPSA) is 6.48 Å². The lowest BCUT2D eigenvalue weighted by Crippen LogP contribution is -2.47. The molecule has 1 fully saturated rings. The number of hydrogen-bond acceptors (Lipinski definition) is 2. The number of aryl methyl sites for hydroxylation is 2. The molecule has 0 amide bonds. The van der Waals surface area contributed by atoms with Gasteiger partial charge in [0.25, 0.3) is 0 Å². The molecule has 0 saturated carbocycles. The van der Waals surface area contributed by atoms with E-state index in [0.29, 0.717) is 6.04 Å². The fourth-order valence-corrected chi connectivity index (χ4v) is 3.30. The number of anilines is 1. The summed E-state index contributed by atoms with van der Waals surface area (Å²) >= 11 is 0. The minimum Gasteiger partial charge on any atom is -0.362 e. The van der Waals surface area contributed by atoms with Crippen molar-refractivity contribution >= 4 is 5.69 Å². The van der Waals surface area contributed by atoms with Crippen LogP contribution in [0.3, 0.4) is 0 Å². The predicted molar refractivity (Wildman–Crippen MR) is 89.9 cm³/mol. The average molecular weight is 280 g/mol. The van der Waals surface area contributed by atoms with E-state index in [1.807, 2.05) is 0 Å². The molecular weight excluding hydrogens is 256 g/mol. The van der Waals surface area contributed by atoms with Gasteiger partial charge in [0.05, 0.1) is 6.04 Å². The predicted octanol–water partition coefficient (Wildman–Crippen LogP) is 3.80. The van der Waals surface area contributed by atoms with E-state index in [1.54, 1.807) is 0 Å². The fraction of sp³-hybridized carbons (Fsp3) is 0.368. The zero-order valence-corrected chi connectivity index (χ0v) is 13.2. The SMILES string of the molecule is Cc1ccc(N2CCN(C)CC2c2ccccc2)c(C)c1. The molecule has 0 spiro atoms. The van der Waals surface area contributed by atoms with Gasteiger partial charge in [-0.3, -0.25) is 0 Å². The number of likely N-dealkylation sites (N-methyl/N-ethyl adjacent to an activating group) is 1. The number of piperazine rings is 1. The van der Waals surface area contributed by atoms with Gasteiger partial charge >= 0.3 is 0 Å². The van der Waals surface area contributed by atoms with Crippen molar-refractivity contribution in [3.63, 3.8) is 0 Å². The maximum atomic E-state index is 2.57. The lowest BCUT2D eigenvalue weighted by Gasteiger charge is -2.42. The first-order valence-corrected chi connectivity index (χ1v) is 7.72. The summed E-state index contributed by atoms with van der Waals surface area (Å²) in [7, 11) is 2.22. The summed E-state index contributed by atoms with van der Waals surface area (Å²) in [6.07, 6.45) is 0. The van der Waals surface area contributed by atoms with Gasteiger partial charge in [0.1, 0.15) is 0 Å². The Morgan fingerprint density at radius 2 is 1.71 bits per heavy atom. The van der Waals surface area contributed by atoms with Crippen molar-refractivity contribution in [2.45, 2.75) is 19.9 Å². The molecule has 21 heavy (non-hydrogen) atoms. The van der Waals surface area contributed by atoms with Crippen molar-refractivity contribution in [1.82, 2.24) is 4.90 Å². The van der Waals surface area contributed by atoms with Gasteiger partial charge in [-0.2, -0.15) is 0 Å². The molecule has 1 heterocycles. The third kappa shape index (κ3) is 2.96. The minimum atomic E-state index is 0.436. The Morgan fingerprint density at radius 1 is 0.952 bits per heavy atom. The summed E-state index contributed by atoms with van der Waals surface area (Å²) in [4.78, 5) is 5.00. The second-order valence-corrected chi connectivity index (χ2v) is 6.17. The zero-order valence-electron chi connectivity index (χ0n) is 13.2. The van der Waals surface area contributed by atoms with Crippen molar-refractivity contribution in [2.75, 3.05) is 31.6 Å². The molecule has 3 rings (SSSR count). The van der Waals surface area contributed by atoms with E-state index in [1.165, 1.54) is 22.4 Å². The highest BCUT2D eigenvalue weighted by molar-refractivity contribution is 5.56. The standard InChI is InChI=1S/C19H24N2/c1-15-9-10-18(16(2)13-15)21-12-11-20(3)14-19(21)17-7-5-4-6-8-17/h4-10,13,19H,11-12,14H2,1-3H3. The van der Waals surface area contributed by atoms with Crippen LogP contribution in [0.2, 0.25) is 0 Å². The van der Waals surface area contributed by atoms with Gasteiger partial charge in [-0.1, -0.05) is 48.0 Å². The molecular formula is C19H24N2. The van der Waals surface area contributed by atoms with Crippen LogP contribution in [0.4, 0.5) is 5.69 Å². The van der Waals surface area contributed by atoms with Crippen LogP contribution in [0, 0.1) is 13.8 Å². The van der Waals surface area contributed by atoms with Gasteiger partial charge in [-0.05, 0) is 38.1 Å². The highest BCUT2D eigenvalue weighted by Gasteiger charge is 2.27. The molecule has 1 unspecified atom stereocenters. The zero-order chi connectivity index (χ0) is 14.8. The Labute approximate surface area is 128 Å². The van der Waals surface area contributed by atoms with Crippen LogP contribution in [0.5, 0.6) is 0 Å². The number of rotatable bonds is 2. The largest absolute Gasteiger partial charge is 0.362 e. The van der Waals surface area contributed by atoms with E-state index in [2.05, 4.69) is 79.2 Å². The quantitative estimate of drug-likeness (QED) is 0.825. The lowest BCUT2D eigenvalue weighted by atomic mass is 10.00. The molecule has 110 valence electrons. The Balaban J connectivity index is 1.98. The van der Waals surface area contributed by atoms with E-state index >= 15 is 0 Å². The van der Waals surface area contributed by atoms with E-state index in [4.69, 9.17) is 0 Å². The lowest BCUT2D eigenvalue weighted by molar-refractivity contribution is 0.269. The monoisotopic (exact) mass is 280 g/mol. The van der Waals surface area contributed by atoms with Gasteiger partial charge in [-0.15, -0.1) is 0 Å². The maximum Gasteiger partial charge on any atom is 0.0670 e. The van der Waals surface area contributed by atoms with Crippen molar-refractivity contribution in [1.29, 1.82) is 0 Å². The summed E-state index contributed by atoms with van der Waals surface area (Å²) in [5, 5.41) is 0. The van der Waals surface area contributed by atoms with Gasteiger partial charge in [0, 0.05) is 25.3 Å². The van der Waals surface area contributed by atoms with Crippen molar-refractivity contribution < 1.29 is 0 Å². The van der Waals surface area contributed by atoms with E-state index in [9.17, 15) is 0 Å². The molecule has 2 nitrogen and oxygen atoms in total. The normalized spacial score (nSPS) is 19.8. The van der Waals surface area contributed by atoms with Gasteiger partial charge < -0.3 is 9.80 Å². The summed E-state index contributed by atoms with van der Waals surface area (Å²) in [6.45, 7) is 7.67. The van der Waals surface area contributed by atoms with E-state index in [-0.39, 0.29) is 0 Å². The van der Waals surface area contributed by atoms with Crippen LogP contribution in [-0.4, -0.2) is 31.6 Å².